The zero-order valence-corrected chi connectivity index (χ0v) is 17.4. The van der Waals surface area contributed by atoms with Crippen LogP contribution < -0.4 is 15.5 Å². The molecule has 0 radical (unpaired) electrons. The number of piperazine rings is 1. The molecule has 1 fully saturated rings. The van der Waals surface area contributed by atoms with Gasteiger partial charge in [0.05, 0.1) is 17.9 Å². The maximum absolute atomic E-state index is 13.4. The van der Waals surface area contributed by atoms with E-state index in [9.17, 15) is 9.18 Å². The fraction of sp³-hybridized carbons (Fsp3) is 0.348. The number of nitrogens with one attached hydrogen (secondary N) is 2. The molecule has 2 aromatic rings. The van der Waals surface area contributed by atoms with E-state index in [0.29, 0.717) is 16.8 Å². The first-order chi connectivity index (χ1) is 14.5. The molecular formula is C23H27FN4O2. The van der Waals surface area contributed by atoms with E-state index in [2.05, 4.69) is 39.5 Å². The summed E-state index contributed by atoms with van der Waals surface area (Å²) >= 11 is 0. The van der Waals surface area contributed by atoms with Crippen LogP contribution in [0, 0.1) is 12.7 Å². The number of ether oxygens (including phenoxy) is 1. The lowest BCUT2D eigenvalue weighted by Crippen LogP contribution is -2.47. The Balaban J connectivity index is 1.42. The molecule has 2 N–H and O–H groups in total. The van der Waals surface area contributed by atoms with Gasteiger partial charge in [-0.3, -0.25) is 9.69 Å². The monoisotopic (exact) mass is 410 g/mol. The van der Waals surface area contributed by atoms with Gasteiger partial charge in [-0.2, -0.15) is 0 Å². The topological polar surface area (TPSA) is 56.8 Å². The number of nitrogens with zero attached hydrogens (tertiary/aromatic N) is 2. The second-order valence-electron chi connectivity index (χ2n) is 7.67. The first kappa shape index (κ1) is 20.4. The molecular weight excluding hydrogens is 383 g/mol. The molecule has 4 rings (SSSR count). The maximum Gasteiger partial charge on any atom is 0.257 e. The smallest absolute Gasteiger partial charge is 0.257 e. The second kappa shape index (κ2) is 8.85. The zero-order valence-electron chi connectivity index (χ0n) is 17.4. The van der Waals surface area contributed by atoms with Gasteiger partial charge >= 0.3 is 0 Å². The normalized spacial score (nSPS) is 17.9. The van der Waals surface area contributed by atoms with E-state index in [4.69, 9.17) is 4.74 Å². The summed E-state index contributed by atoms with van der Waals surface area (Å²) in [6.07, 6.45) is 1.68. The molecule has 0 atom stereocenters. The van der Waals surface area contributed by atoms with E-state index in [1.54, 1.807) is 19.4 Å². The van der Waals surface area contributed by atoms with Crippen LogP contribution in [0.1, 0.15) is 11.1 Å². The van der Waals surface area contributed by atoms with E-state index in [1.165, 1.54) is 23.4 Å². The van der Waals surface area contributed by atoms with Gasteiger partial charge in [0.25, 0.3) is 5.91 Å². The van der Waals surface area contributed by atoms with Crippen molar-refractivity contribution < 1.29 is 13.9 Å². The summed E-state index contributed by atoms with van der Waals surface area (Å²) in [6.45, 7) is 7.90. The summed E-state index contributed by atoms with van der Waals surface area (Å²) in [4.78, 5) is 17.1. The number of halogens is 1. The van der Waals surface area contributed by atoms with Crippen LogP contribution in [-0.4, -0.2) is 57.2 Å². The van der Waals surface area contributed by atoms with Crippen molar-refractivity contribution >= 4 is 28.5 Å². The van der Waals surface area contributed by atoms with Crippen molar-refractivity contribution in [1.29, 1.82) is 0 Å². The highest BCUT2D eigenvalue weighted by molar-refractivity contribution is 6.31. The predicted octanol–water partition coefficient (Wildman–Crippen LogP) is 3.31. The minimum absolute atomic E-state index is 0.234. The van der Waals surface area contributed by atoms with Gasteiger partial charge in [-0.15, -0.1) is 0 Å². The average Bonchev–Trinajstić information content (AvgIpc) is 3.05. The Hall–Kier alpha value is -2.90. The number of methoxy groups -OCH3 is 1. The summed E-state index contributed by atoms with van der Waals surface area (Å²) in [5.74, 6) is -0.600. The second-order valence-corrected chi connectivity index (χ2v) is 7.67. The van der Waals surface area contributed by atoms with Crippen LogP contribution in [0.3, 0.4) is 0 Å². The van der Waals surface area contributed by atoms with Gasteiger partial charge in [0.2, 0.25) is 0 Å². The predicted molar refractivity (Wildman–Crippen MR) is 118 cm³/mol. The third-order valence-electron chi connectivity index (χ3n) is 5.67. The molecule has 0 unspecified atom stereocenters. The van der Waals surface area contributed by atoms with E-state index < -0.39 is 0 Å². The van der Waals surface area contributed by atoms with E-state index >= 15 is 0 Å². The van der Waals surface area contributed by atoms with Gasteiger partial charge < -0.3 is 20.3 Å². The molecule has 1 saturated heterocycles. The largest absolute Gasteiger partial charge is 0.383 e. The van der Waals surface area contributed by atoms with E-state index in [-0.39, 0.29) is 11.7 Å². The number of amides is 1. The summed E-state index contributed by atoms with van der Waals surface area (Å²) in [5, 5.41) is 5.92. The molecule has 6 nitrogen and oxygen atoms in total. The minimum Gasteiger partial charge on any atom is -0.383 e. The Bertz CT molecular complexity index is 968. The molecule has 0 saturated carbocycles. The Morgan fingerprint density at radius 3 is 2.70 bits per heavy atom. The van der Waals surface area contributed by atoms with Crippen molar-refractivity contribution in [2.75, 3.05) is 62.0 Å². The number of hydrogen-bond acceptors (Lipinski definition) is 5. The zero-order chi connectivity index (χ0) is 21.1. The minimum atomic E-state index is -0.367. The number of aryl methyl sites for hydroxylation is 1. The molecule has 1 amide bonds. The molecule has 0 bridgehead atoms. The van der Waals surface area contributed by atoms with Gasteiger partial charge in [-0.25, -0.2) is 4.39 Å². The van der Waals surface area contributed by atoms with Crippen molar-refractivity contribution in [3.05, 3.63) is 59.5 Å². The Labute approximate surface area is 176 Å². The quantitative estimate of drug-likeness (QED) is 0.716. The average molecular weight is 410 g/mol. The van der Waals surface area contributed by atoms with E-state index in [1.807, 2.05) is 6.07 Å². The van der Waals surface area contributed by atoms with Gasteiger partial charge in [0.15, 0.2) is 0 Å². The summed E-state index contributed by atoms with van der Waals surface area (Å²) < 4.78 is 18.6. The molecule has 2 aliphatic rings. The SMILES string of the molecule is COCCN1CCN(c2ccc(NC=C3C(=O)Nc4cc(F)ccc43)cc2C)CC1. The number of carbonyl (C=O) groups is 1. The number of hydrogen-bond donors (Lipinski definition) is 2. The summed E-state index contributed by atoms with van der Waals surface area (Å²) in [6, 6.07) is 10.6. The van der Waals surface area contributed by atoms with Crippen LogP contribution in [0.2, 0.25) is 0 Å². The van der Waals surface area contributed by atoms with Crippen LogP contribution >= 0.6 is 0 Å². The molecule has 158 valence electrons. The van der Waals surface area contributed by atoms with Crippen LogP contribution in [0.5, 0.6) is 0 Å². The molecule has 2 aromatic carbocycles. The Kier molecular flexibility index (Phi) is 6.01. The summed E-state index contributed by atoms with van der Waals surface area (Å²) in [5.41, 5.74) is 5.03. The van der Waals surface area contributed by atoms with Crippen molar-refractivity contribution in [3.8, 4) is 0 Å². The lowest BCUT2D eigenvalue weighted by molar-refractivity contribution is -0.110. The highest BCUT2D eigenvalue weighted by Gasteiger charge is 2.24. The lowest BCUT2D eigenvalue weighted by atomic mass is 10.1. The lowest BCUT2D eigenvalue weighted by Gasteiger charge is -2.36. The molecule has 0 aromatic heterocycles. The van der Waals surface area contributed by atoms with Crippen molar-refractivity contribution in [2.24, 2.45) is 0 Å². The summed E-state index contributed by atoms with van der Waals surface area (Å²) in [7, 11) is 1.74. The molecule has 7 heteroatoms. The van der Waals surface area contributed by atoms with Gasteiger partial charge in [-0.1, -0.05) is 0 Å². The van der Waals surface area contributed by atoms with Gasteiger partial charge in [0, 0.05) is 63.0 Å². The molecule has 30 heavy (non-hydrogen) atoms. The Morgan fingerprint density at radius 2 is 1.97 bits per heavy atom. The van der Waals surface area contributed by atoms with Crippen molar-refractivity contribution in [2.45, 2.75) is 6.92 Å². The number of carbonyl (C=O) groups excluding carboxylic acids is 1. The van der Waals surface area contributed by atoms with Gasteiger partial charge in [0.1, 0.15) is 5.82 Å². The first-order valence-electron chi connectivity index (χ1n) is 10.2. The van der Waals surface area contributed by atoms with Gasteiger partial charge in [-0.05, 0) is 48.9 Å². The highest BCUT2D eigenvalue weighted by atomic mass is 19.1. The Morgan fingerprint density at radius 1 is 1.17 bits per heavy atom. The molecule has 0 spiro atoms. The van der Waals surface area contributed by atoms with Crippen molar-refractivity contribution in [1.82, 2.24) is 4.90 Å². The van der Waals surface area contributed by atoms with Crippen molar-refractivity contribution in [3.63, 3.8) is 0 Å². The third kappa shape index (κ3) is 4.32. The number of fused-ring (bicyclic) bond motifs is 1. The number of rotatable bonds is 6. The highest BCUT2D eigenvalue weighted by Crippen LogP contribution is 2.32. The van der Waals surface area contributed by atoms with Crippen LogP contribution in [0.25, 0.3) is 5.57 Å². The molecule has 0 aliphatic carbocycles. The fourth-order valence-corrected chi connectivity index (χ4v) is 4.00. The fourth-order valence-electron chi connectivity index (χ4n) is 4.00. The molecule has 2 aliphatic heterocycles. The third-order valence-corrected chi connectivity index (χ3v) is 5.67. The maximum atomic E-state index is 13.4. The van der Waals surface area contributed by atoms with E-state index in [0.717, 1.165) is 45.0 Å². The first-order valence-corrected chi connectivity index (χ1v) is 10.2. The standard InChI is InChI=1S/C23H27FN4O2/c1-16-13-18(4-6-22(16)28-9-7-27(8-10-28)11-12-30-2)25-15-20-19-5-3-17(24)14-21(19)26-23(20)29/h3-6,13-15,25H,7-12H2,1-2H3,(H,26,29). The molecule has 2 heterocycles. The number of anilines is 3. The number of benzene rings is 2. The van der Waals surface area contributed by atoms with Crippen LogP contribution in [0.4, 0.5) is 21.5 Å². The van der Waals surface area contributed by atoms with Crippen LogP contribution in [-0.2, 0) is 9.53 Å². The van der Waals surface area contributed by atoms with Crippen LogP contribution in [0.15, 0.2) is 42.6 Å².